The quantitative estimate of drug-likeness (QED) is 0.674. The molecule has 0 spiro atoms. The molecule has 1 fully saturated rings. The number of nitrogens with one attached hydrogen (secondary N) is 1. The van der Waals surface area contributed by atoms with E-state index in [2.05, 4.69) is 5.32 Å². The highest BCUT2D eigenvalue weighted by Crippen LogP contribution is 2.24. The fraction of sp³-hybridized carbons (Fsp3) is 0.900. The summed E-state index contributed by atoms with van der Waals surface area (Å²) in [6.07, 6.45) is 4.00. The SMILES string of the molecule is NCCCNC(=O)CC1CCSCC1. The van der Waals surface area contributed by atoms with E-state index in [0.29, 0.717) is 18.9 Å². The van der Waals surface area contributed by atoms with Gasteiger partial charge in [0.1, 0.15) is 0 Å². The summed E-state index contributed by atoms with van der Waals surface area (Å²) in [5.41, 5.74) is 5.34. The van der Waals surface area contributed by atoms with Gasteiger partial charge >= 0.3 is 0 Å². The van der Waals surface area contributed by atoms with Gasteiger partial charge in [0.15, 0.2) is 0 Å². The molecular weight excluding hydrogens is 196 g/mol. The van der Waals surface area contributed by atoms with Gasteiger partial charge in [-0.15, -0.1) is 0 Å². The molecule has 14 heavy (non-hydrogen) atoms. The summed E-state index contributed by atoms with van der Waals surface area (Å²) in [5, 5.41) is 2.91. The summed E-state index contributed by atoms with van der Waals surface area (Å²) in [5.74, 6) is 3.27. The lowest BCUT2D eigenvalue weighted by molar-refractivity contribution is -0.122. The van der Waals surface area contributed by atoms with Crippen LogP contribution >= 0.6 is 11.8 Å². The molecular formula is C10H20N2OS. The molecule has 1 aliphatic rings. The molecule has 82 valence electrons. The van der Waals surface area contributed by atoms with Crippen LogP contribution < -0.4 is 11.1 Å². The average Bonchev–Trinajstić information content (AvgIpc) is 2.20. The van der Waals surface area contributed by atoms with Crippen molar-refractivity contribution >= 4 is 17.7 Å². The first-order chi connectivity index (χ1) is 6.83. The van der Waals surface area contributed by atoms with Gasteiger partial charge in [0, 0.05) is 13.0 Å². The first-order valence-corrected chi connectivity index (χ1v) is 6.53. The minimum Gasteiger partial charge on any atom is -0.356 e. The Morgan fingerprint density at radius 2 is 2.14 bits per heavy atom. The normalized spacial score (nSPS) is 18.1. The summed E-state index contributed by atoms with van der Waals surface area (Å²) >= 11 is 2.00. The van der Waals surface area contributed by atoms with E-state index >= 15 is 0 Å². The second-order valence-corrected chi connectivity index (χ2v) is 4.98. The van der Waals surface area contributed by atoms with Crippen LogP contribution in [0.5, 0.6) is 0 Å². The molecule has 0 aromatic carbocycles. The molecule has 0 aliphatic carbocycles. The van der Waals surface area contributed by atoms with Crippen LogP contribution in [0, 0.1) is 5.92 Å². The van der Waals surface area contributed by atoms with Gasteiger partial charge in [-0.25, -0.2) is 0 Å². The number of rotatable bonds is 5. The van der Waals surface area contributed by atoms with Crippen molar-refractivity contribution in [1.82, 2.24) is 5.32 Å². The van der Waals surface area contributed by atoms with Crippen LogP contribution in [-0.4, -0.2) is 30.5 Å². The number of carbonyl (C=O) groups excluding carboxylic acids is 1. The van der Waals surface area contributed by atoms with Crippen molar-refractivity contribution in [3.63, 3.8) is 0 Å². The highest BCUT2D eigenvalue weighted by atomic mass is 32.2. The molecule has 0 aromatic heterocycles. The number of thioether (sulfide) groups is 1. The lowest BCUT2D eigenvalue weighted by atomic mass is 9.98. The lowest BCUT2D eigenvalue weighted by Gasteiger charge is -2.20. The van der Waals surface area contributed by atoms with Gasteiger partial charge in [-0.1, -0.05) is 0 Å². The van der Waals surface area contributed by atoms with E-state index in [4.69, 9.17) is 5.73 Å². The lowest BCUT2D eigenvalue weighted by Crippen LogP contribution is -2.28. The van der Waals surface area contributed by atoms with Gasteiger partial charge in [-0.05, 0) is 43.2 Å². The van der Waals surface area contributed by atoms with Crippen molar-refractivity contribution in [3.05, 3.63) is 0 Å². The average molecular weight is 216 g/mol. The Bertz CT molecular complexity index is 170. The van der Waals surface area contributed by atoms with Crippen LogP contribution in [0.3, 0.4) is 0 Å². The molecule has 0 aromatic rings. The first kappa shape index (κ1) is 11.9. The Morgan fingerprint density at radius 1 is 1.43 bits per heavy atom. The molecule has 0 atom stereocenters. The summed E-state index contributed by atoms with van der Waals surface area (Å²) in [6, 6.07) is 0. The minimum absolute atomic E-state index is 0.204. The Labute approximate surface area is 90.2 Å². The van der Waals surface area contributed by atoms with E-state index < -0.39 is 0 Å². The number of amides is 1. The van der Waals surface area contributed by atoms with Gasteiger partial charge in [-0.3, -0.25) is 4.79 Å². The summed E-state index contributed by atoms with van der Waals surface area (Å²) in [7, 11) is 0. The maximum atomic E-state index is 11.4. The third-order valence-corrected chi connectivity index (χ3v) is 3.57. The highest BCUT2D eigenvalue weighted by molar-refractivity contribution is 7.99. The van der Waals surface area contributed by atoms with E-state index in [1.54, 1.807) is 0 Å². The fourth-order valence-corrected chi connectivity index (χ4v) is 2.82. The second-order valence-electron chi connectivity index (χ2n) is 3.75. The zero-order valence-corrected chi connectivity index (χ0v) is 9.44. The van der Waals surface area contributed by atoms with Gasteiger partial charge in [0.25, 0.3) is 0 Å². The van der Waals surface area contributed by atoms with E-state index in [9.17, 15) is 4.79 Å². The zero-order valence-electron chi connectivity index (χ0n) is 8.63. The van der Waals surface area contributed by atoms with Crippen molar-refractivity contribution in [1.29, 1.82) is 0 Å². The van der Waals surface area contributed by atoms with Crippen molar-refractivity contribution in [2.75, 3.05) is 24.6 Å². The van der Waals surface area contributed by atoms with Crippen LogP contribution in [0.2, 0.25) is 0 Å². The van der Waals surface area contributed by atoms with E-state index in [1.165, 1.54) is 24.3 Å². The number of carbonyl (C=O) groups is 1. The van der Waals surface area contributed by atoms with Crippen molar-refractivity contribution in [2.45, 2.75) is 25.7 Å². The van der Waals surface area contributed by atoms with Gasteiger partial charge in [0.05, 0.1) is 0 Å². The Hall–Kier alpha value is -0.220. The Morgan fingerprint density at radius 3 is 2.79 bits per heavy atom. The Kier molecular flexibility index (Phi) is 6.03. The molecule has 3 N–H and O–H groups in total. The monoisotopic (exact) mass is 216 g/mol. The molecule has 0 radical (unpaired) electrons. The summed E-state index contributed by atoms with van der Waals surface area (Å²) < 4.78 is 0. The van der Waals surface area contributed by atoms with E-state index in [-0.39, 0.29) is 5.91 Å². The van der Waals surface area contributed by atoms with E-state index in [1.807, 2.05) is 11.8 Å². The molecule has 1 rings (SSSR count). The summed E-state index contributed by atoms with van der Waals surface area (Å²) in [6.45, 7) is 1.39. The molecule has 0 bridgehead atoms. The van der Waals surface area contributed by atoms with E-state index in [0.717, 1.165) is 13.0 Å². The summed E-state index contributed by atoms with van der Waals surface area (Å²) in [4.78, 5) is 11.4. The third kappa shape index (κ3) is 4.86. The Balaban J connectivity index is 2.06. The van der Waals surface area contributed by atoms with Crippen LogP contribution in [0.25, 0.3) is 0 Å². The first-order valence-electron chi connectivity index (χ1n) is 5.37. The van der Waals surface area contributed by atoms with Gasteiger partial charge < -0.3 is 11.1 Å². The van der Waals surface area contributed by atoms with Crippen LogP contribution in [0.1, 0.15) is 25.7 Å². The standard InChI is InChI=1S/C10H20N2OS/c11-4-1-5-12-10(13)8-9-2-6-14-7-3-9/h9H,1-8,11H2,(H,12,13). The second kappa shape index (κ2) is 7.12. The number of hydrogen-bond donors (Lipinski definition) is 2. The van der Waals surface area contributed by atoms with Crippen LogP contribution in [0.4, 0.5) is 0 Å². The van der Waals surface area contributed by atoms with Gasteiger partial charge in [0.2, 0.25) is 5.91 Å². The third-order valence-electron chi connectivity index (χ3n) is 2.52. The maximum absolute atomic E-state index is 11.4. The van der Waals surface area contributed by atoms with Crippen LogP contribution in [-0.2, 0) is 4.79 Å². The highest BCUT2D eigenvalue weighted by Gasteiger charge is 2.16. The molecule has 1 heterocycles. The molecule has 1 aliphatic heterocycles. The van der Waals surface area contributed by atoms with Crippen LogP contribution in [0.15, 0.2) is 0 Å². The predicted molar refractivity (Wildman–Crippen MR) is 61.3 cm³/mol. The molecule has 3 nitrogen and oxygen atoms in total. The zero-order chi connectivity index (χ0) is 10.2. The molecule has 1 saturated heterocycles. The molecule has 1 amide bonds. The smallest absolute Gasteiger partial charge is 0.220 e. The van der Waals surface area contributed by atoms with Crippen molar-refractivity contribution in [2.24, 2.45) is 11.7 Å². The topological polar surface area (TPSA) is 55.1 Å². The largest absolute Gasteiger partial charge is 0.356 e. The van der Waals surface area contributed by atoms with Gasteiger partial charge in [-0.2, -0.15) is 11.8 Å². The fourth-order valence-electron chi connectivity index (χ4n) is 1.61. The molecule has 4 heteroatoms. The van der Waals surface area contributed by atoms with Crippen molar-refractivity contribution < 1.29 is 4.79 Å². The minimum atomic E-state index is 0.204. The van der Waals surface area contributed by atoms with Crippen molar-refractivity contribution in [3.8, 4) is 0 Å². The maximum Gasteiger partial charge on any atom is 0.220 e. The number of hydrogen-bond acceptors (Lipinski definition) is 3. The molecule has 0 unspecified atom stereocenters. The molecule has 0 saturated carbocycles. The predicted octanol–water partition coefficient (Wildman–Crippen LogP) is 0.985. The number of nitrogens with two attached hydrogens (primary N) is 1.